The predicted molar refractivity (Wildman–Crippen MR) is 69.7 cm³/mol. The molecule has 0 radical (unpaired) electrons. The van der Waals surface area contributed by atoms with Crippen LogP contribution in [-0.2, 0) is 11.3 Å². The van der Waals surface area contributed by atoms with Crippen LogP contribution in [0.2, 0.25) is 0 Å². The Morgan fingerprint density at radius 1 is 1.50 bits per heavy atom. The summed E-state index contributed by atoms with van der Waals surface area (Å²) in [6, 6.07) is 2.97. The van der Waals surface area contributed by atoms with E-state index in [9.17, 15) is 14.9 Å². The lowest BCUT2D eigenvalue weighted by Crippen LogP contribution is -2.30. The van der Waals surface area contributed by atoms with Gasteiger partial charge in [0.15, 0.2) is 0 Å². The van der Waals surface area contributed by atoms with Crippen molar-refractivity contribution >= 4 is 11.6 Å². The molecule has 20 heavy (non-hydrogen) atoms. The fraction of sp³-hybridized carbons (Fsp3) is 0.250. The Labute approximate surface area is 114 Å². The van der Waals surface area contributed by atoms with Gasteiger partial charge in [0.2, 0.25) is 5.91 Å². The van der Waals surface area contributed by atoms with Crippen LogP contribution in [0.5, 0.6) is 0 Å². The van der Waals surface area contributed by atoms with E-state index in [1.165, 1.54) is 10.9 Å². The number of carbonyl (C=O) groups is 1. The van der Waals surface area contributed by atoms with E-state index in [1.807, 2.05) is 0 Å². The maximum atomic E-state index is 11.9. The predicted octanol–water partition coefficient (Wildman–Crippen LogP) is 1.06. The molecule has 0 aliphatic heterocycles. The first kappa shape index (κ1) is 13.7. The van der Waals surface area contributed by atoms with Crippen LogP contribution in [0.25, 0.3) is 0 Å². The zero-order valence-electron chi connectivity index (χ0n) is 10.8. The zero-order chi connectivity index (χ0) is 14.5. The normalized spacial score (nSPS) is 11.8. The van der Waals surface area contributed by atoms with Gasteiger partial charge in [-0.25, -0.2) is 0 Å². The zero-order valence-corrected chi connectivity index (χ0v) is 10.8. The molecule has 8 heteroatoms. The molecule has 0 unspecified atom stereocenters. The molecule has 1 amide bonds. The third-order valence-electron chi connectivity index (χ3n) is 2.79. The van der Waals surface area contributed by atoms with Gasteiger partial charge < -0.3 is 5.32 Å². The van der Waals surface area contributed by atoms with E-state index in [-0.39, 0.29) is 11.6 Å². The highest BCUT2D eigenvalue weighted by molar-refractivity contribution is 5.79. The molecule has 0 saturated carbocycles. The van der Waals surface area contributed by atoms with Crippen LogP contribution in [-0.4, -0.2) is 25.6 Å². The van der Waals surface area contributed by atoms with Gasteiger partial charge in [-0.1, -0.05) is 0 Å². The molecule has 0 aromatic carbocycles. The average Bonchev–Trinajstić information content (AvgIpc) is 2.95. The Morgan fingerprint density at radius 3 is 2.80 bits per heavy atom. The van der Waals surface area contributed by atoms with Gasteiger partial charge in [-0.15, -0.1) is 0 Å². The molecule has 2 rings (SSSR count). The second kappa shape index (κ2) is 5.91. The monoisotopic (exact) mass is 275 g/mol. The van der Waals surface area contributed by atoms with Gasteiger partial charge in [-0.05, 0) is 24.6 Å². The van der Waals surface area contributed by atoms with Crippen molar-refractivity contribution in [3.05, 3.63) is 52.6 Å². The van der Waals surface area contributed by atoms with Crippen LogP contribution < -0.4 is 5.32 Å². The van der Waals surface area contributed by atoms with Crippen molar-refractivity contribution in [3.8, 4) is 0 Å². The number of aromatic nitrogens is 3. The summed E-state index contributed by atoms with van der Waals surface area (Å²) in [6.07, 6.45) is 5.63. The maximum Gasteiger partial charge on any atom is 0.307 e. The molecular weight excluding hydrogens is 262 g/mol. The fourth-order valence-corrected chi connectivity index (χ4v) is 1.59. The number of rotatable bonds is 5. The topological polar surface area (TPSA) is 103 Å². The molecule has 2 heterocycles. The summed E-state index contributed by atoms with van der Waals surface area (Å²) in [5.74, 6) is -0.264. The van der Waals surface area contributed by atoms with Crippen LogP contribution in [0.3, 0.4) is 0 Å². The van der Waals surface area contributed by atoms with E-state index in [0.717, 1.165) is 11.8 Å². The van der Waals surface area contributed by atoms with Crippen molar-refractivity contribution in [2.45, 2.75) is 19.5 Å². The summed E-state index contributed by atoms with van der Waals surface area (Å²) in [7, 11) is 0. The first-order chi connectivity index (χ1) is 9.58. The summed E-state index contributed by atoms with van der Waals surface area (Å²) >= 11 is 0. The Hall–Kier alpha value is -2.77. The molecule has 0 fully saturated rings. The van der Waals surface area contributed by atoms with Gasteiger partial charge in [-0.3, -0.25) is 24.6 Å². The van der Waals surface area contributed by atoms with Gasteiger partial charge in [0.25, 0.3) is 0 Å². The van der Waals surface area contributed by atoms with Crippen molar-refractivity contribution < 1.29 is 9.72 Å². The Morgan fingerprint density at radius 2 is 2.20 bits per heavy atom. The Balaban J connectivity index is 1.96. The van der Waals surface area contributed by atoms with Gasteiger partial charge >= 0.3 is 5.69 Å². The summed E-state index contributed by atoms with van der Waals surface area (Å²) in [5.41, 5.74) is 0.783. The second-order valence-electron chi connectivity index (χ2n) is 4.18. The lowest BCUT2D eigenvalue weighted by atomic mass is 10.2. The standard InChI is InChI=1S/C12H13N5O3/c1-9(16-8-11(7-15-16)17(19)20)12(18)14-6-10-2-4-13-5-3-10/h2-5,7-9H,6H2,1H3,(H,14,18)/t9-/m0/s1. The SMILES string of the molecule is C[C@@H](C(=O)NCc1ccncc1)n1cc([N+](=O)[O-])cn1. The lowest BCUT2D eigenvalue weighted by molar-refractivity contribution is -0.385. The molecule has 2 aromatic heterocycles. The minimum Gasteiger partial charge on any atom is -0.350 e. The summed E-state index contributed by atoms with van der Waals surface area (Å²) in [6.45, 7) is 1.99. The van der Waals surface area contributed by atoms with E-state index in [0.29, 0.717) is 6.54 Å². The lowest BCUT2D eigenvalue weighted by Gasteiger charge is -2.12. The Bertz CT molecular complexity index is 611. The van der Waals surface area contributed by atoms with Crippen molar-refractivity contribution in [2.75, 3.05) is 0 Å². The van der Waals surface area contributed by atoms with Crippen LogP contribution in [0.1, 0.15) is 18.5 Å². The van der Waals surface area contributed by atoms with Gasteiger partial charge in [-0.2, -0.15) is 5.10 Å². The van der Waals surface area contributed by atoms with E-state index in [1.54, 1.807) is 31.5 Å². The van der Waals surface area contributed by atoms with Crippen molar-refractivity contribution in [1.82, 2.24) is 20.1 Å². The third kappa shape index (κ3) is 3.16. The van der Waals surface area contributed by atoms with Gasteiger partial charge in [0.1, 0.15) is 18.4 Å². The number of carbonyl (C=O) groups excluding carboxylic acids is 1. The van der Waals surface area contributed by atoms with Crippen molar-refractivity contribution in [2.24, 2.45) is 0 Å². The fourth-order valence-electron chi connectivity index (χ4n) is 1.59. The molecule has 1 atom stereocenters. The summed E-state index contributed by atoms with van der Waals surface area (Å²) in [5, 5.41) is 17.1. The molecule has 0 bridgehead atoms. The first-order valence-electron chi connectivity index (χ1n) is 5.93. The first-order valence-corrected chi connectivity index (χ1v) is 5.93. The average molecular weight is 275 g/mol. The quantitative estimate of drug-likeness (QED) is 0.649. The summed E-state index contributed by atoms with van der Waals surface area (Å²) in [4.78, 5) is 25.8. The molecule has 1 N–H and O–H groups in total. The molecule has 0 saturated heterocycles. The van der Waals surface area contributed by atoms with Gasteiger partial charge in [0.05, 0.1) is 4.92 Å². The highest BCUT2D eigenvalue weighted by atomic mass is 16.6. The number of nitrogens with zero attached hydrogens (tertiary/aromatic N) is 4. The number of hydrogen-bond acceptors (Lipinski definition) is 5. The Kier molecular flexibility index (Phi) is 4.04. The molecule has 0 spiro atoms. The second-order valence-corrected chi connectivity index (χ2v) is 4.18. The van der Waals surface area contributed by atoms with Crippen molar-refractivity contribution in [1.29, 1.82) is 0 Å². The highest BCUT2D eigenvalue weighted by Crippen LogP contribution is 2.12. The maximum absolute atomic E-state index is 11.9. The smallest absolute Gasteiger partial charge is 0.307 e. The largest absolute Gasteiger partial charge is 0.350 e. The van der Waals surface area contributed by atoms with Crippen LogP contribution in [0, 0.1) is 10.1 Å². The number of hydrogen-bond donors (Lipinski definition) is 1. The minimum atomic E-state index is -0.620. The highest BCUT2D eigenvalue weighted by Gasteiger charge is 2.18. The third-order valence-corrected chi connectivity index (χ3v) is 2.79. The minimum absolute atomic E-state index is 0.140. The van der Waals surface area contributed by atoms with E-state index < -0.39 is 11.0 Å². The van der Waals surface area contributed by atoms with E-state index >= 15 is 0 Å². The van der Waals surface area contributed by atoms with Crippen LogP contribution in [0.15, 0.2) is 36.9 Å². The number of amides is 1. The number of nitrogens with one attached hydrogen (secondary N) is 1. The molecular formula is C12H13N5O3. The molecule has 2 aromatic rings. The van der Waals surface area contributed by atoms with E-state index in [2.05, 4.69) is 15.4 Å². The number of nitro groups is 1. The van der Waals surface area contributed by atoms with Crippen LogP contribution >= 0.6 is 0 Å². The summed E-state index contributed by atoms with van der Waals surface area (Å²) < 4.78 is 1.26. The molecule has 8 nitrogen and oxygen atoms in total. The number of pyridine rings is 1. The molecule has 0 aliphatic carbocycles. The molecule has 104 valence electrons. The van der Waals surface area contributed by atoms with Crippen LogP contribution in [0.4, 0.5) is 5.69 Å². The van der Waals surface area contributed by atoms with Crippen molar-refractivity contribution in [3.63, 3.8) is 0 Å². The van der Waals surface area contributed by atoms with Gasteiger partial charge in [0, 0.05) is 18.9 Å². The molecule has 0 aliphatic rings. The van der Waals surface area contributed by atoms with E-state index in [4.69, 9.17) is 0 Å².